The Bertz CT molecular complexity index is 1480. The Morgan fingerprint density at radius 1 is 1.00 bits per heavy atom. The molecular formula is C26H30N4O7S. The van der Waals surface area contributed by atoms with E-state index in [-0.39, 0.29) is 39.8 Å². The molecule has 3 rings (SSSR count). The van der Waals surface area contributed by atoms with Crippen molar-refractivity contribution in [3.8, 4) is 17.4 Å². The number of esters is 1. The molecule has 1 heterocycles. The van der Waals surface area contributed by atoms with Gasteiger partial charge in [-0.1, -0.05) is 26.8 Å². The summed E-state index contributed by atoms with van der Waals surface area (Å²) in [4.78, 5) is 32.9. The number of methoxy groups -OCH3 is 2. The van der Waals surface area contributed by atoms with E-state index in [1.165, 1.54) is 32.5 Å². The summed E-state index contributed by atoms with van der Waals surface area (Å²) in [5, 5.41) is 2.82. The molecule has 38 heavy (non-hydrogen) atoms. The minimum atomic E-state index is -3.62. The van der Waals surface area contributed by atoms with Crippen LogP contribution in [0.4, 0.5) is 11.4 Å². The zero-order chi connectivity index (χ0) is 28.3. The first-order valence-corrected chi connectivity index (χ1v) is 13.3. The van der Waals surface area contributed by atoms with Crippen LogP contribution in [-0.2, 0) is 20.2 Å². The summed E-state index contributed by atoms with van der Waals surface area (Å²) in [7, 11) is -1.01. The maximum Gasteiger partial charge on any atom is 0.376 e. The van der Waals surface area contributed by atoms with Crippen LogP contribution in [0.15, 0.2) is 42.6 Å². The molecule has 1 amide bonds. The van der Waals surface area contributed by atoms with Gasteiger partial charge in [0.1, 0.15) is 5.75 Å². The van der Waals surface area contributed by atoms with Crippen molar-refractivity contribution < 1.29 is 32.2 Å². The molecule has 0 aliphatic rings. The molecule has 2 aromatic carbocycles. The van der Waals surface area contributed by atoms with Crippen molar-refractivity contribution >= 4 is 33.3 Å². The summed E-state index contributed by atoms with van der Waals surface area (Å²) in [5.74, 6) is -0.768. The molecule has 0 radical (unpaired) electrons. The van der Waals surface area contributed by atoms with Gasteiger partial charge in [0, 0.05) is 17.8 Å². The van der Waals surface area contributed by atoms with E-state index in [1.807, 2.05) is 20.8 Å². The number of aryl methyl sites for hydroxylation is 1. The molecule has 0 saturated carbocycles. The van der Waals surface area contributed by atoms with Gasteiger partial charge in [0.25, 0.3) is 5.91 Å². The molecule has 202 valence electrons. The van der Waals surface area contributed by atoms with E-state index in [9.17, 15) is 18.0 Å². The molecule has 11 nitrogen and oxygen atoms in total. The number of ether oxygens (including phenoxy) is 3. The molecule has 0 fully saturated rings. The van der Waals surface area contributed by atoms with Crippen molar-refractivity contribution in [2.24, 2.45) is 0 Å². The Labute approximate surface area is 221 Å². The van der Waals surface area contributed by atoms with E-state index in [1.54, 1.807) is 31.2 Å². The first kappa shape index (κ1) is 28.4. The number of nitrogens with zero attached hydrogens (tertiary/aromatic N) is 2. The zero-order valence-corrected chi connectivity index (χ0v) is 23.0. The van der Waals surface area contributed by atoms with Gasteiger partial charge in [-0.2, -0.15) is 4.98 Å². The summed E-state index contributed by atoms with van der Waals surface area (Å²) in [5.41, 5.74) is 1.89. The maximum atomic E-state index is 13.3. The fourth-order valence-corrected chi connectivity index (χ4v) is 3.95. The van der Waals surface area contributed by atoms with Crippen LogP contribution in [0.3, 0.4) is 0 Å². The molecule has 0 unspecified atom stereocenters. The van der Waals surface area contributed by atoms with Gasteiger partial charge in [0.05, 0.1) is 31.9 Å². The van der Waals surface area contributed by atoms with E-state index in [4.69, 9.17) is 9.47 Å². The number of anilines is 2. The van der Waals surface area contributed by atoms with Gasteiger partial charge in [-0.25, -0.2) is 18.2 Å². The lowest BCUT2D eigenvalue weighted by Crippen LogP contribution is -2.18. The predicted molar refractivity (Wildman–Crippen MR) is 143 cm³/mol. The number of carbonyl (C=O) groups excluding carboxylic acids is 2. The Morgan fingerprint density at radius 2 is 1.68 bits per heavy atom. The van der Waals surface area contributed by atoms with Crippen LogP contribution in [0.1, 0.15) is 52.9 Å². The Hall–Kier alpha value is -4.19. The van der Waals surface area contributed by atoms with Crippen molar-refractivity contribution in [2.45, 2.75) is 33.1 Å². The number of sulfonamides is 1. The summed E-state index contributed by atoms with van der Waals surface area (Å²) in [6.45, 7) is 7.69. The second kappa shape index (κ2) is 11.1. The molecule has 0 bridgehead atoms. The number of rotatable bonds is 8. The number of benzene rings is 2. The van der Waals surface area contributed by atoms with Crippen LogP contribution in [0.2, 0.25) is 0 Å². The number of nitrogens with one attached hydrogen (secondary N) is 2. The van der Waals surface area contributed by atoms with Crippen molar-refractivity contribution in [2.75, 3.05) is 30.5 Å². The summed E-state index contributed by atoms with van der Waals surface area (Å²) in [6.07, 6.45) is 2.39. The third-order valence-electron chi connectivity index (χ3n) is 5.37. The number of hydrogen-bond donors (Lipinski definition) is 2. The van der Waals surface area contributed by atoms with Crippen molar-refractivity contribution in [1.29, 1.82) is 0 Å². The van der Waals surface area contributed by atoms with Crippen LogP contribution < -0.4 is 19.5 Å². The van der Waals surface area contributed by atoms with E-state index >= 15 is 0 Å². The van der Waals surface area contributed by atoms with Crippen molar-refractivity contribution in [1.82, 2.24) is 9.97 Å². The number of carbonyl (C=O) groups is 2. The van der Waals surface area contributed by atoms with E-state index < -0.39 is 21.9 Å². The van der Waals surface area contributed by atoms with E-state index in [0.29, 0.717) is 11.3 Å². The van der Waals surface area contributed by atoms with Crippen LogP contribution in [0.25, 0.3) is 0 Å². The monoisotopic (exact) mass is 542 g/mol. The van der Waals surface area contributed by atoms with Crippen LogP contribution in [0, 0.1) is 6.92 Å². The predicted octanol–water partition coefficient (Wildman–Crippen LogP) is 4.29. The Kier molecular flexibility index (Phi) is 8.25. The Morgan fingerprint density at radius 3 is 2.29 bits per heavy atom. The van der Waals surface area contributed by atoms with Crippen LogP contribution in [0.5, 0.6) is 17.4 Å². The molecule has 1 aromatic heterocycles. The van der Waals surface area contributed by atoms with Gasteiger partial charge in [0.2, 0.25) is 21.7 Å². The van der Waals surface area contributed by atoms with Gasteiger partial charge >= 0.3 is 5.97 Å². The van der Waals surface area contributed by atoms with Gasteiger partial charge in [-0.05, 0) is 47.7 Å². The highest BCUT2D eigenvalue weighted by molar-refractivity contribution is 7.92. The molecule has 0 spiro atoms. The average Bonchev–Trinajstić information content (AvgIpc) is 2.83. The summed E-state index contributed by atoms with van der Waals surface area (Å²) < 4.78 is 42.3. The largest absolute Gasteiger partial charge is 0.492 e. The van der Waals surface area contributed by atoms with Gasteiger partial charge in [-0.3, -0.25) is 9.52 Å². The minimum absolute atomic E-state index is 0.0945. The van der Waals surface area contributed by atoms with Gasteiger partial charge in [-0.15, -0.1) is 0 Å². The fraction of sp³-hybridized carbons (Fsp3) is 0.308. The van der Waals surface area contributed by atoms with Crippen molar-refractivity contribution in [3.05, 3.63) is 65.1 Å². The summed E-state index contributed by atoms with van der Waals surface area (Å²) in [6, 6.07) is 9.74. The molecule has 12 heteroatoms. The first-order chi connectivity index (χ1) is 17.7. The molecule has 0 saturated heterocycles. The standard InChI is InChI=1S/C26H30N4O7S/c1-15-8-9-16(12-20(15)37-21-10-11-27-23(29-21)25(32)36-6)24(31)28-18-13-17(26(2,3)4)14-19(22(18)35-5)30-38(7,33)34/h8-14,30H,1-7H3,(H,28,31). The second-order valence-corrected chi connectivity index (χ2v) is 11.2. The molecule has 2 N–H and O–H groups in total. The lowest BCUT2D eigenvalue weighted by molar-refractivity contribution is 0.0585. The molecular weight excluding hydrogens is 512 g/mol. The van der Waals surface area contributed by atoms with Gasteiger partial charge < -0.3 is 19.5 Å². The normalized spacial score (nSPS) is 11.4. The van der Waals surface area contributed by atoms with Crippen LogP contribution >= 0.6 is 0 Å². The number of amides is 1. The zero-order valence-electron chi connectivity index (χ0n) is 22.2. The SMILES string of the molecule is COC(=O)c1nccc(Oc2cc(C(=O)Nc3cc(C(C)(C)C)cc(NS(C)(=O)=O)c3OC)ccc2C)n1. The third kappa shape index (κ3) is 6.97. The smallest absolute Gasteiger partial charge is 0.376 e. The first-order valence-electron chi connectivity index (χ1n) is 11.4. The number of hydrogen-bond acceptors (Lipinski definition) is 9. The second-order valence-electron chi connectivity index (χ2n) is 9.48. The lowest BCUT2D eigenvalue weighted by Gasteiger charge is -2.24. The highest BCUT2D eigenvalue weighted by Crippen LogP contribution is 2.39. The molecule has 0 aliphatic heterocycles. The van der Waals surface area contributed by atoms with Gasteiger partial charge in [0.15, 0.2) is 5.75 Å². The highest BCUT2D eigenvalue weighted by Gasteiger charge is 2.23. The fourth-order valence-electron chi connectivity index (χ4n) is 3.40. The maximum absolute atomic E-state index is 13.3. The van der Waals surface area contributed by atoms with Crippen molar-refractivity contribution in [3.63, 3.8) is 0 Å². The Balaban J connectivity index is 1.97. The average molecular weight is 543 g/mol. The lowest BCUT2D eigenvalue weighted by atomic mass is 9.86. The highest BCUT2D eigenvalue weighted by atomic mass is 32.2. The minimum Gasteiger partial charge on any atom is -0.492 e. The molecule has 0 aliphatic carbocycles. The topological polar surface area (TPSA) is 146 Å². The summed E-state index contributed by atoms with van der Waals surface area (Å²) >= 11 is 0. The molecule has 3 aromatic rings. The third-order valence-corrected chi connectivity index (χ3v) is 5.96. The number of aromatic nitrogens is 2. The van der Waals surface area contributed by atoms with Crippen LogP contribution in [-0.4, -0.2) is 50.7 Å². The quantitative estimate of drug-likeness (QED) is 0.398. The van der Waals surface area contributed by atoms with E-state index in [2.05, 4.69) is 24.7 Å². The van der Waals surface area contributed by atoms with E-state index in [0.717, 1.165) is 11.8 Å². The molecule has 0 atom stereocenters.